The molecule has 0 amide bonds. The molecule has 0 spiro atoms. The van der Waals surface area contributed by atoms with Gasteiger partial charge in [-0.1, -0.05) is 37.5 Å². The third-order valence-corrected chi connectivity index (χ3v) is 4.67. The molecule has 0 radical (unpaired) electrons. The highest BCUT2D eigenvalue weighted by Crippen LogP contribution is 2.23. The summed E-state index contributed by atoms with van der Waals surface area (Å²) in [5.41, 5.74) is 4.12. The molecule has 1 aliphatic rings. The van der Waals surface area contributed by atoms with E-state index in [1.807, 2.05) is 0 Å². The molecule has 0 saturated heterocycles. The van der Waals surface area contributed by atoms with E-state index < -0.39 is 0 Å². The number of nitrogens with one attached hydrogen (secondary N) is 2. The van der Waals surface area contributed by atoms with Gasteiger partial charge in [-0.3, -0.25) is 0 Å². The summed E-state index contributed by atoms with van der Waals surface area (Å²) in [6.07, 6.45) is 9.44. The summed E-state index contributed by atoms with van der Waals surface area (Å²) in [6.45, 7) is 3.35. The molecular weight excluding hydrogens is 280 g/mol. The first-order valence-electron chi connectivity index (χ1n) is 8.14. The quantitative estimate of drug-likeness (QED) is 0.802. The standard InChI is InChI=1S/C18H26N2.ClH/c1-14-16(17-10-5-6-12-18(17)20-14)11-7-13-19-15-8-3-2-4-9-15;/h5-6,10,12,15,19-20H,2-4,7-9,11,13H2,1H3;1H/p-1. The SMILES string of the molecule is Cc1[nH]c2ccccc2c1CCCNC1CCCCC1.[Cl-]. The first-order valence-corrected chi connectivity index (χ1v) is 8.14. The van der Waals surface area contributed by atoms with Crippen molar-refractivity contribution in [1.29, 1.82) is 0 Å². The summed E-state index contributed by atoms with van der Waals surface area (Å²) >= 11 is 0. The minimum absolute atomic E-state index is 0. The van der Waals surface area contributed by atoms with Crippen LogP contribution >= 0.6 is 0 Å². The molecular formula is C18H26ClN2-. The van der Waals surface area contributed by atoms with Crippen molar-refractivity contribution in [1.82, 2.24) is 10.3 Å². The number of aromatic amines is 1. The van der Waals surface area contributed by atoms with E-state index in [0.29, 0.717) is 0 Å². The number of fused-ring (bicyclic) bond motifs is 1. The Morgan fingerprint density at radius 1 is 1.14 bits per heavy atom. The van der Waals surface area contributed by atoms with E-state index in [0.717, 1.165) is 12.6 Å². The average Bonchev–Trinajstić information content (AvgIpc) is 2.80. The van der Waals surface area contributed by atoms with Gasteiger partial charge in [0, 0.05) is 22.6 Å². The molecule has 0 unspecified atom stereocenters. The van der Waals surface area contributed by atoms with Gasteiger partial charge in [0.25, 0.3) is 0 Å². The molecule has 1 fully saturated rings. The minimum atomic E-state index is 0. The van der Waals surface area contributed by atoms with Crippen molar-refractivity contribution in [3.63, 3.8) is 0 Å². The maximum absolute atomic E-state index is 3.74. The second-order valence-electron chi connectivity index (χ2n) is 6.17. The Bertz CT molecular complexity index is 555. The Morgan fingerprint density at radius 2 is 1.90 bits per heavy atom. The van der Waals surface area contributed by atoms with Crippen molar-refractivity contribution >= 4 is 10.9 Å². The monoisotopic (exact) mass is 305 g/mol. The lowest BCUT2D eigenvalue weighted by Gasteiger charge is -2.22. The number of para-hydroxylation sites is 1. The van der Waals surface area contributed by atoms with Crippen LogP contribution in [-0.2, 0) is 6.42 Å². The first-order chi connectivity index (χ1) is 9.84. The van der Waals surface area contributed by atoms with E-state index >= 15 is 0 Å². The summed E-state index contributed by atoms with van der Waals surface area (Å²) in [7, 11) is 0. The van der Waals surface area contributed by atoms with Gasteiger partial charge in [0.2, 0.25) is 0 Å². The summed E-state index contributed by atoms with van der Waals surface area (Å²) in [5, 5.41) is 5.15. The van der Waals surface area contributed by atoms with Crippen LogP contribution < -0.4 is 17.7 Å². The van der Waals surface area contributed by atoms with Crippen LogP contribution in [0.15, 0.2) is 24.3 Å². The van der Waals surface area contributed by atoms with Crippen molar-refractivity contribution in [2.45, 2.75) is 57.9 Å². The summed E-state index contributed by atoms with van der Waals surface area (Å²) in [4.78, 5) is 3.50. The van der Waals surface area contributed by atoms with Crippen molar-refractivity contribution < 1.29 is 12.4 Å². The zero-order valence-electron chi connectivity index (χ0n) is 12.9. The Balaban J connectivity index is 0.00000161. The largest absolute Gasteiger partial charge is 1.00 e. The summed E-state index contributed by atoms with van der Waals surface area (Å²) in [6, 6.07) is 9.44. The Morgan fingerprint density at radius 3 is 2.71 bits per heavy atom. The van der Waals surface area contributed by atoms with E-state index in [9.17, 15) is 0 Å². The van der Waals surface area contributed by atoms with Crippen LogP contribution in [0.2, 0.25) is 0 Å². The van der Waals surface area contributed by atoms with Crippen LogP contribution in [0.1, 0.15) is 49.8 Å². The van der Waals surface area contributed by atoms with Crippen LogP contribution in [0, 0.1) is 6.92 Å². The zero-order chi connectivity index (χ0) is 13.8. The topological polar surface area (TPSA) is 27.8 Å². The summed E-state index contributed by atoms with van der Waals surface area (Å²) < 4.78 is 0. The van der Waals surface area contributed by atoms with Crippen LogP contribution in [0.3, 0.4) is 0 Å². The van der Waals surface area contributed by atoms with Gasteiger partial charge >= 0.3 is 0 Å². The maximum Gasteiger partial charge on any atom is 0.0458 e. The highest BCUT2D eigenvalue weighted by molar-refractivity contribution is 5.84. The van der Waals surface area contributed by atoms with Gasteiger partial charge in [-0.25, -0.2) is 0 Å². The second-order valence-corrected chi connectivity index (χ2v) is 6.17. The lowest BCUT2D eigenvalue weighted by Crippen LogP contribution is -3.00. The molecule has 1 aromatic heterocycles. The smallest absolute Gasteiger partial charge is 0.0458 e. The van der Waals surface area contributed by atoms with Crippen LogP contribution in [0.25, 0.3) is 10.9 Å². The van der Waals surface area contributed by atoms with Gasteiger partial charge in [-0.15, -0.1) is 0 Å². The van der Waals surface area contributed by atoms with Gasteiger partial charge in [-0.2, -0.15) is 0 Å². The Hall–Kier alpha value is -0.990. The fourth-order valence-corrected chi connectivity index (χ4v) is 3.53. The van der Waals surface area contributed by atoms with E-state index in [-0.39, 0.29) is 12.4 Å². The van der Waals surface area contributed by atoms with E-state index in [1.165, 1.54) is 67.1 Å². The molecule has 2 nitrogen and oxygen atoms in total. The second kappa shape index (κ2) is 7.86. The summed E-state index contributed by atoms with van der Waals surface area (Å²) in [5.74, 6) is 0. The van der Waals surface area contributed by atoms with Gasteiger partial charge in [0.1, 0.15) is 0 Å². The third kappa shape index (κ3) is 4.02. The minimum Gasteiger partial charge on any atom is -1.00 e. The molecule has 3 rings (SSSR count). The molecule has 2 N–H and O–H groups in total. The van der Waals surface area contributed by atoms with Gasteiger partial charge in [-0.05, 0) is 50.8 Å². The zero-order valence-corrected chi connectivity index (χ0v) is 13.7. The molecule has 0 atom stereocenters. The Kier molecular flexibility index (Phi) is 6.13. The van der Waals surface area contributed by atoms with E-state index in [1.54, 1.807) is 0 Å². The molecule has 1 saturated carbocycles. The molecule has 1 aliphatic carbocycles. The van der Waals surface area contributed by atoms with Crippen molar-refractivity contribution in [3.8, 4) is 0 Å². The van der Waals surface area contributed by atoms with Gasteiger partial charge < -0.3 is 22.7 Å². The molecule has 21 heavy (non-hydrogen) atoms. The highest BCUT2D eigenvalue weighted by atomic mass is 35.5. The number of H-pyrrole nitrogens is 1. The molecule has 1 aromatic carbocycles. The normalized spacial score (nSPS) is 16.0. The van der Waals surface area contributed by atoms with Crippen LogP contribution in [-0.4, -0.2) is 17.6 Å². The molecule has 3 heteroatoms. The molecule has 0 aliphatic heterocycles. The van der Waals surface area contributed by atoms with E-state index in [4.69, 9.17) is 0 Å². The van der Waals surface area contributed by atoms with Crippen molar-refractivity contribution in [3.05, 3.63) is 35.5 Å². The fourth-order valence-electron chi connectivity index (χ4n) is 3.53. The first kappa shape index (κ1) is 16.4. The molecule has 0 bridgehead atoms. The van der Waals surface area contributed by atoms with Gasteiger partial charge in [0.05, 0.1) is 0 Å². The Labute approximate surface area is 134 Å². The van der Waals surface area contributed by atoms with Crippen LogP contribution in [0.4, 0.5) is 0 Å². The van der Waals surface area contributed by atoms with Gasteiger partial charge in [0.15, 0.2) is 0 Å². The maximum atomic E-state index is 3.74. The number of hydrogen-bond acceptors (Lipinski definition) is 1. The number of aromatic nitrogens is 1. The molecule has 1 heterocycles. The average molecular weight is 306 g/mol. The third-order valence-electron chi connectivity index (χ3n) is 4.67. The van der Waals surface area contributed by atoms with Crippen molar-refractivity contribution in [2.75, 3.05) is 6.54 Å². The molecule has 116 valence electrons. The van der Waals surface area contributed by atoms with Crippen LogP contribution in [0.5, 0.6) is 0 Å². The lowest BCUT2D eigenvalue weighted by molar-refractivity contribution is -0.00000434. The van der Waals surface area contributed by atoms with Crippen molar-refractivity contribution in [2.24, 2.45) is 0 Å². The fraction of sp³-hybridized carbons (Fsp3) is 0.556. The number of hydrogen-bond donors (Lipinski definition) is 2. The number of aryl methyl sites for hydroxylation is 2. The lowest BCUT2D eigenvalue weighted by atomic mass is 9.95. The number of halogens is 1. The predicted molar refractivity (Wildman–Crippen MR) is 86.2 cm³/mol. The number of rotatable bonds is 5. The predicted octanol–water partition coefficient (Wildman–Crippen LogP) is 1.34. The van der Waals surface area contributed by atoms with E-state index in [2.05, 4.69) is 41.5 Å². The molecule has 2 aromatic rings. The highest BCUT2D eigenvalue weighted by Gasteiger charge is 2.12. The number of benzene rings is 1.